The van der Waals surface area contributed by atoms with Crippen molar-refractivity contribution in [1.29, 1.82) is 0 Å². The summed E-state index contributed by atoms with van der Waals surface area (Å²) in [5.41, 5.74) is 0. The summed E-state index contributed by atoms with van der Waals surface area (Å²) in [7, 11) is 0. The van der Waals surface area contributed by atoms with Gasteiger partial charge in [0.15, 0.2) is 5.82 Å². The fraction of sp³-hybridized carbons (Fsp3) is 0.526. The van der Waals surface area contributed by atoms with E-state index in [1.165, 1.54) is 43.9 Å². The summed E-state index contributed by atoms with van der Waals surface area (Å²) in [5, 5.41) is 11.0. The first kappa shape index (κ1) is 20.0. The van der Waals surface area contributed by atoms with Crippen LogP contribution in [0.5, 0.6) is 5.75 Å². The van der Waals surface area contributed by atoms with Crippen molar-refractivity contribution >= 4 is 29.3 Å². The molecular formula is C19H25ClN4O2S. The Morgan fingerprint density at radius 2 is 2.07 bits per heavy atom. The van der Waals surface area contributed by atoms with Crippen molar-refractivity contribution in [3.8, 4) is 5.75 Å². The van der Waals surface area contributed by atoms with Crippen LogP contribution in [0.3, 0.4) is 0 Å². The van der Waals surface area contributed by atoms with Gasteiger partial charge < -0.3 is 10.1 Å². The number of ether oxygens (including phenoxy) is 1. The molecule has 27 heavy (non-hydrogen) atoms. The molecule has 0 aliphatic heterocycles. The molecule has 1 aromatic carbocycles. The van der Waals surface area contributed by atoms with Gasteiger partial charge >= 0.3 is 0 Å². The van der Waals surface area contributed by atoms with Gasteiger partial charge in [0.2, 0.25) is 11.1 Å². The van der Waals surface area contributed by atoms with E-state index in [2.05, 4.69) is 20.5 Å². The number of thioether (sulfide) groups is 1. The smallest absolute Gasteiger partial charge is 0.233 e. The first-order valence-electron chi connectivity index (χ1n) is 9.34. The van der Waals surface area contributed by atoms with Crippen molar-refractivity contribution in [3.05, 3.63) is 35.1 Å². The zero-order valence-electron chi connectivity index (χ0n) is 15.4. The molecule has 0 saturated heterocycles. The zero-order valence-corrected chi connectivity index (χ0v) is 17.0. The first-order chi connectivity index (χ1) is 13.1. The first-order valence-corrected chi connectivity index (χ1v) is 10.6. The van der Waals surface area contributed by atoms with Crippen molar-refractivity contribution in [2.45, 2.75) is 56.0 Å². The SMILES string of the molecule is CC(Sc1n[nH]c(COc2ccc(Cl)cc2)n1)C(=O)NCC1CCCCC1. The molecule has 3 rings (SSSR count). The molecule has 0 bridgehead atoms. The van der Waals surface area contributed by atoms with Crippen LogP contribution in [0.1, 0.15) is 44.9 Å². The maximum atomic E-state index is 12.3. The van der Waals surface area contributed by atoms with Gasteiger partial charge in [-0.2, -0.15) is 0 Å². The predicted molar refractivity (Wildman–Crippen MR) is 107 cm³/mol. The number of hydrogen-bond acceptors (Lipinski definition) is 5. The standard InChI is InChI=1S/C19H25ClN4O2S/c1-13(18(25)21-11-14-5-3-2-4-6-14)27-19-22-17(23-24-19)12-26-16-9-7-15(20)8-10-16/h7-10,13-14H,2-6,11-12H2,1H3,(H,21,25)(H,22,23,24). The summed E-state index contributed by atoms with van der Waals surface area (Å²) in [5.74, 6) is 1.98. The van der Waals surface area contributed by atoms with Gasteiger partial charge in [-0.1, -0.05) is 42.6 Å². The van der Waals surface area contributed by atoms with E-state index in [4.69, 9.17) is 16.3 Å². The molecule has 1 heterocycles. The van der Waals surface area contributed by atoms with Gasteiger partial charge in [-0.3, -0.25) is 9.89 Å². The molecule has 0 radical (unpaired) electrons. The van der Waals surface area contributed by atoms with Crippen LogP contribution >= 0.6 is 23.4 Å². The van der Waals surface area contributed by atoms with Crippen molar-refractivity contribution in [1.82, 2.24) is 20.5 Å². The van der Waals surface area contributed by atoms with Crippen LogP contribution in [0.4, 0.5) is 0 Å². The summed E-state index contributed by atoms with van der Waals surface area (Å²) in [6.07, 6.45) is 6.33. The minimum absolute atomic E-state index is 0.0364. The number of halogens is 1. The summed E-state index contributed by atoms with van der Waals surface area (Å²) < 4.78 is 5.64. The van der Waals surface area contributed by atoms with E-state index >= 15 is 0 Å². The van der Waals surface area contributed by atoms with E-state index in [1.54, 1.807) is 24.3 Å². The number of aromatic amines is 1. The van der Waals surface area contributed by atoms with Crippen LogP contribution in [0.15, 0.2) is 29.4 Å². The van der Waals surface area contributed by atoms with Crippen molar-refractivity contribution in [2.24, 2.45) is 5.92 Å². The summed E-state index contributed by atoms with van der Waals surface area (Å²) in [6, 6.07) is 7.14. The van der Waals surface area contributed by atoms with E-state index in [9.17, 15) is 4.79 Å². The highest BCUT2D eigenvalue weighted by Gasteiger charge is 2.19. The van der Waals surface area contributed by atoms with Crippen LogP contribution in [0.25, 0.3) is 0 Å². The average Bonchev–Trinajstić information content (AvgIpc) is 3.13. The Kier molecular flexibility index (Phi) is 7.41. The number of H-pyrrole nitrogens is 1. The van der Waals surface area contributed by atoms with Crippen molar-refractivity contribution in [3.63, 3.8) is 0 Å². The van der Waals surface area contributed by atoms with Gasteiger partial charge in [-0.15, -0.1) is 5.10 Å². The lowest BCUT2D eigenvalue weighted by atomic mass is 9.89. The van der Waals surface area contributed by atoms with Crippen LogP contribution in [-0.2, 0) is 11.4 Å². The van der Waals surface area contributed by atoms with Crippen LogP contribution < -0.4 is 10.1 Å². The molecule has 1 aliphatic rings. The summed E-state index contributed by atoms with van der Waals surface area (Å²) >= 11 is 7.20. The number of carbonyl (C=O) groups is 1. The third kappa shape index (κ3) is 6.43. The highest BCUT2D eigenvalue weighted by atomic mass is 35.5. The second kappa shape index (κ2) is 9.99. The topological polar surface area (TPSA) is 79.9 Å². The third-order valence-electron chi connectivity index (χ3n) is 4.64. The number of nitrogens with one attached hydrogen (secondary N) is 2. The molecule has 1 unspecified atom stereocenters. The number of benzene rings is 1. The molecule has 0 spiro atoms. The fourth-order valence-corrected chi connectivity index (χ4v) is 3.96. The summed E-state index contributed by atoms with van der Waals surface area (Å²) in [6.45, 7) is 2.93. The molecule has 2 N–H and O–H groups in total. The molecule has 1 aliphatic carbocycles. The lowest BCUT2D eigenvalue weighted by Crippen LogP contribution is -2.35. The largest absolute Gasteiger partial charge is 0.486 e. The minimum Gasteiger partial charge on any atom is -0.486 e. The fourth-order valence-electron chi connectivity index (χ4n) is 3.07. The number of aromatic nitrogens is 3. The van der Waals surface area contributed by atoms with Crippen LogP contribution in [0, 0.1) is 5.92 Å². The number of amides is 1. The zero-order chi connectivity index (χ0) is 19.1. The second-order valence-corrected chi connectivity index (χ2v) is 8.56. The minimum atomic E-state index is -0.241. The van der Waals surface area contributed by atoms with Crippen LogP contribution in [0.2, 0.25) is 5.02 Å². The monoisotopic (exact) mass is 408 g/mol. The van der Waals surface area contributed by atoms with Gasteiger partial charge in [0, 0.05) is 11.6 Å². The normalized spacial score (nSPS) is 16.1. The lowest BCUT2D eigenvalue weighted by Gasteiger charge is -2.22. The Hall–Kier alpha value is -1.73. The Morgan fingerprint density at radius 3 is 2.81 bits per heavy atom. The summed E-state index contributed by atoms with van der Waals surface area (Å²) in [4.78, 5) is 16.7. The number of nitrogens with zero attached hydrogens (tertiary/aromatic N) is 2. The molecule has 2 aromatic rings. The van der Waals surface area contributed by atoms with Crippen molar-refractivity contribution < 1.29 is 9.53 Å². The van der Waals surface area contributed by atoms with Gasteiger partial charge in [0.25, 0.3) is 0 Å². The van der Waals surface area contributed by atoms with Gasteiger partial charge in [-0.25, -0.2) is 4.98 Å². The number of carbonyl (C=O) groups excluding carboxylic acids is 1. The van der Waals surface area contributed by atoms with Gasteiger partial charge in [0.05, 0.1) is 5.25 Å². The average molecular weight is 409 g/mol. The number of hydrogen-bond donors (Lipinski definition) is 2. The molecule has 8 heteroatoms. The molecule has 1 amide bonds. The van der Waals surface area contributed by atoms with E-state index in [0.717, 1.165) is 6.54 Å². The van der Waals surface area contributed by atoms with Gasteiger partial charge in [0.1, 0.15) is 12.4 Å². The maximum absolute atomic E-state index is 12.3. The molecule has 146 valence electrons. The quantitative estimate of drug-likeness (QED) is 0.639. The molecular weight excluding hydrogens is 384 g/mol. The Balaban J connectivity index is 1.42. The Labute approximate surface area is 168 Å². The van der Waals surface area contributed by atoms with E-state index < -0.39 is 0 Å². The highest BCUT2D eigenvalue weighted by Crippen LogP contribution is 2.24. The molecule has 1 atom stereocenters. The maximum Gasteiger partial charge on any atom is 0.233 e. The highest BCUT2D eigenvalue weighted by molar-refractivity contribution is 8.00. The third-order valence-corrected chi connectivity index (χ3v) is 5.85. The number of rotatable bonds is 8. The van der Waals surface area contributed by atoms with Crippen LogP contribution in [-0.4, -0.2) is 32.9 Å². The van der Waals surface area contributed by atoms with Crippen molar-refractivity contribution in [2.75, 3.05) is 6.54 Å². The van der Waals surface area contributed by atoms with E-state index in [0.29, 0.717) is 27.7 Å². The Morgan fingerprint density at radius 1 is 1.33 bits per heavy atom. The predicted octanol–water partition coefficient (Wildman–Crippen LogP) is 4.21. The Bertz CT molecular complexity index is 732. The van der Waals surface area contributed by atoms with E-state index in [1.807, 2.05) is 6.92 Å². The lowest BCUT2D eigenvalue weighted by molar-refractivity contribution is -0.120. The van der Waals surface area contributed by atoms with Gasteiger partial charge in [-0.05, 0) is 49.9 Å². The molecule has 6 nitrogen and oxygen atoms in total. The molecule has 1 aromatic heterocycles. The van der Waals surface area contributed by atoms with E-state index in [-0.39, 0.29) is 17.8 Å². The second-order valence-electron chi connectivity index (χ2n) is 6.82. The molecule has 1 fully saturated rings. The molecule has 1 saturated carbocycles.